The highest BCUT2D eigenvalue weighted by atomic mass is 35.5. The molecule has 638 valence electrons. The van der Waals surface area contributed by atoms with Crippen molar-refractivity contribution in [3.8, 4) is 34.8 Å². The Morgan fingerprint density at radius 1 is 0.521 bits per heavy atom. The number of fused-ring (bicyclic) bond motifs is 8. The average Bonchev–Trinajstić information content (AvgIpc) is 1.33. The number of carbonyl (C=O) groups excluding carboxylic acids is 6. The molecular weight excluding hydrogens is 1540 g/mol. The summed E-state index contributed by atoms with van der Waals surface area (Å²) < 4.78 is 60.0. The summed E-state index contributed by atoms with van der Waals surface area (Å²) in [6, 6.07) is 8.82. The highest BCUT2D eigenvalue weighted by Crippen LogP contribution is 2.60. The van der Waals surface area contributed by atoms with Gasteiger partial charge in [-0.25, -0.2) is 9.97 Å². The van der Waals surface area contributed by atoms with Crippen LogP contribution < -0.4 is 28.4 Å². The maximum Gasteiger partial charge on any atom is 0.310 e. The Balaban J connectivity index is 0.000000191. The van der Waals surface area contributed by atoms with E-state index in [9.17, 15) is 48.6 Å². The summed E-state index contributed by atoms with van der Waals surface area (Å²) >= 11 is 13.9. The predicted molar refractivity (Wildman–Crippen MR) is 435 cm³/mol. The van der Waals surface area contributed by atoms with Gasteiger partial charge in [-0.2, -0.15) is 0 Å². The number of carbonyl (C=O) groups is 8. The number of hydrogen-bond donors (Lipinski definition) is 2. The molecule has 6 aliphatic heterocycles. The molecule has 2 unspecified atom stereocenters. The molecule has 2 aromatic carbocycles. The van der Waals surface area contributed by atoms with Crippen LogP contribution in [-0.2, 0) is 57.3 Å². The number of hydrogen-bond acceptors (Lipinski definition) is 22. The highest BCUT2D eigenvalue weighted by Gasteiger charge is 2.63. The lowest BCUT2D eigenvalue weighted by atomic mass is 9.90. The van der Waals surface area contributed by atoms with Crippen molar-refractivity contribution in [2.45, 2.75) is 225 Å². The van der Waals surface area contributed by atoms with Gasteiger partial charge in [0.1, 0.15) is 81.7 Å². The van der Waals surface area contributed by atoms with Crippen molar-refractivity contribution >= 4 is 92.3 Å². The molecule has 2 amide bonds. The second kappa shape index (κ2) is 38.4. The summed E-state index contributed by atoms with van der Waals surface area (Å²) in [5.74, 6) is -0.428. The van der Waals surface area contributed by atoms with Gasteiger partial charge in [0.2, 0.25) is 23.6 Å². The minimum atomic E-state index is -1.20. The number of allylic oxidation sites excluding steroid dienone is 2. The molecule has 5 saturated heterocycles. The zero-order chi connectivity index (χ0) is 80.8. The molecule has 16 atom stereocenters. The number of morpholine rings is 2. The Labute approximate surface area is 695 Å². The maximum absolute atomic E-state index is 14.7. The van der Waals surface area contributed by atoms with E-state index in [-0.39, 0.29) is 118 Å². The first-order valence-electron chi connectivity index (χ1n) is 43.1. The Bertz CT molecular complexity index is 4270. The quantitative estimate of drug-likeness (QED) is 0.0486. The van der Waals surface area contributed by atoms with Gasteiger partial charge in [0.15, 0.2) is 11.6 Å². The Hall–Kier alpha value is -7.62. The summed E-state index contributed by atoms with van der Waals surface area (Å²) in [6.45, 7) is 13.1. The summed E-state index contributed by atoms with van der Waals surface area (Å²) in [7, 11) is 0. The van der Waals surface area contributed by atoms with Gasteiger partial charge in [0.05, 0.1) is 88.5 Å². The lowest BCUT2D eigenvalue weighted by Gasteiger charge is -2.29. The van der Waals surface area contributed by atoms with Gasteiger partial charge >= 0.3 is 23.9 Å². The molecule has 0 bridgehead atoms. The van der Waals surface area contributed by atoms with Crippen LogP contribution in [0.2, 0.25) is 10.0 Å². The first-order valence-corrected chi connectivity index (χ1v) is 43.9. The Morgan fingerprint density at radius 2 is 0.957 bits per heavy atom. The number of carboxylic acid groups (broad SMARTS) is 2. The van der Waals surface area contributed by atoms with Crippen molar-refractivity contribution in [1.29, 1.82) is 0 Å². The summed E-state index contributed by atoms with van der Waals surface area (Å²) in [4.78, 5) is 127. The number of benzene rings is 2. The van der Waals surface area contributed by atoms with Crippen LogP contribution in [0.5, 0.6) is 34.8 Å². The van der Waals surface area contributed by atoms with Crippen molar-refractivity contribution < 1.29 is 95.9 Å². The topological polar surface area (TPSA) is 308 Å². The van der Waals surface area contributed by atoms with Crippen molar-refractivity contribution in [1.82, 2.24) is 29.6 Å². The average molecular weight is 1660 g/mol. The van der Waals surface area contributed by atoms with Gasteiger partial charge in [-0.1, -0.05) is 87.7 Å². The van der Waals surface area contributed by atoms with Crippen molar-refractivity contribution in [3.63, 3.8) is 0 Å². The third kappa shape index (κ3) is 20.5. The zero-order valence-corrected chi connectivity index (χ0v) is 68.6. The normalized spacial score (nSPS) is 31.6. The van der Waals surface area contributed by atoms with Gasteiger partial charge in [0.25, 0.3) is 0 Å². The van der Waals surface area contributed by atoms with E-state index in [2.05, 4.69) is 9.80 Å². The van der Waals surface area contributed by atoms with Crippen LogP contribution in [0.3, 0.4) is 0 Å². The summed E-state index contributed by atoms with van der Waals surface area (Å²) in [6.07, 6.45) is 18.9. The van der Waals surface area contributed by atoms with Crippen LogP contribution in [0.1, 0.15) is 188 Å². The molecule has 0 radical (unpaired) electrons. The number of halogens is 2. The van der Waals surface area contributed by atoms with Crippen molar-refractivity contribution in [2.75, 3.05) is 105 Å². The molecule has 11 fully saturated rings. The molecule has 26 nitrogen and oxygen atoms in total. The Morgan fingerprint density at radius 3 is 1.41 bits per heavy atom. The number of aromatic nitrogens is 2. The number of amides is 2. The molecule has 28 heteroatoms. The summed E-state index contributed by atoms with van der Waals surface area (Å²) in [5.41, 5.74) is -1.43. The SMILES string of the molecule is C.CCOc1cc(O[C@@H]2C[C@H]3C(=O)C[C@]4(C(=O)O)C[C@H]4/C=C\CCCCC[C@H](CC(=O)OC4C[C@@H]5C[C@@H]5C4)C(=O)N3C2)c2ccc(OCCN3CCOCC3)c(Cl)c2n1.CCOc1cc(O[C@@H]2C[C@H]3C(=O)C[C@]4(C(=O)O)C[C@H]4CCCCCCC[C@H](CC(=O)OC4C[C@@H]5C[C@@H]5C4)C(=O)N3C2)c2ccc(OCCN3CCOCC3)c(Cl)c2n1. The number of ketones is 2. The first-order chi connectivity index (χ1) is 56.2. The van der Waals surface area contributed by atoms with Gasteiger partial charge in [-0.05, 0) is 157 Å². The molecule has 6 aliphatic carbocycles. The van der Waals surface area contributed by atoms with E-state index in [1.54, 1.807) is 34.1 Å². The second-order valence-electron chi connectivity index (χ2n) is 34.7. The number of rotatable bonds is 24. The fourth-order valence-electron chi connectivity index (χ4n) is 19.8. The van der Waals surface area contributed by atoms with Crippen molar-refractivity contribution in [3.05, 3.63) is 58.6 Å². The fourth-order valence-corrected chi connectivity index (χ4v) is 20.4. The molecule has 16 rings (SSSR count). The van der Waals surface area contributed by atoms with Crippen LogP contribution in [0, 0.1) is 58.2 Å². The molecule has 2 N–H and O–H groups in total. The first kappa shape index (κ1) is 85.8. The van der Waals surface area contributed by atoms with Gasteiger partial charge in [-0.3, -0.25) is 48.2 Å². The number of pyridine rings is 2. The second-order valence-corrected chi connectivity index (χ2v) is 35.5. The highest BCUT2D eigenvalue weighted by molar-refractivity contribution is 6.37. The van der Waals surface area contributed by atoms with E-state index in [1.165, 1.54) is 12.8 Å². The lowest BCUT2D eigenvalue weighted by Crippen LogP contribution is -2.45. The number of ether oxygens (including phenoxy) is 10. The smallest absolute Gasteiger partial charge is 0.310 e. The number of Topliss-reactive ketones (excluding diaryl/α,β-unsaturated/α-hetero) is 2. The van der Waals surface area contributed by atoms with Crippen LogP contribution >= 0.6 is 23.2 Å². The molecule has 12 aliphatic rings. The largest absolute Gasteiger partial charge is 0.491 e. The summed E-state index contributed by atoms with van der Waals surface area (Å²) in [5, 5.41) is 22.6. The molecule has 8 heterocycles. The lowest BCUT2D eigenvalue weighted by molar-refractivity contribution is -0.154. The van der Waals surface area contributed by atoms with E-state index in [1.807, 2.05) is 38.1 Å². The maximum atomic E-state index is 14.7. The molecule has 0 spiro atoms. The van der Waals surface area contributed by atoms with Crippen molar-refractivity contribution in [2.24, 2.45) is 58.2 Å². The number of aliphatic carboxylic acids is 2. The monoisotopic (exact) mass is 1660 g/mol. The standard InChI is InChI=1S/C44H58ClN3O10.C44H56ClN3O10.CH4/c2*1-2-55-38-23-37(33-10-11-36(40(45)41(33)46-38)56-17-14-47-12-15-54-16-13-47)57-32-22-34-35(49)25-44(43(52)53)24-30(44)9-7-5-3-4-6-8-27(42(51)48(34)26-32)21-39(50)58-31-19-28-18-29(28)20-31;/h10-11,23,27-32,34H,2-9,12-22,24-26H2,1H3,(H,52,53);7,9-11,23,27-32,34H,2-6,8,12-22,24-26H2,1H3,(H,52,53);1H4/b;9-7-;/t2*27-,28-,29+,30-,31?,32-,34+,44-;/m11./s1. The van der Waals surface area contributed by atoms with Crippen LogP contribution in [0.25, 0.3) is 21.8 Å². The van der Waals surface area contributed by atoms with E-state index in [0.717, 1.165) is 129 Å². The van der Waals surface area contributed by atoms with E-state index in [4.69, 9.17) is 80.5 Å². The van der Waals surface area contributed by atoms with Crippen LogP contribution in [-0.4, -0.2) is 229 Å². The van der Waals surface area contributed by atoms with E-state index in [0.29, 0.717) is 169 Å². The molecule has 2 aromatic heterocycles. The van der Waals surface area contributed by atoms with Gasteiger partial charge in [0, 0.05) is 99.7 Å². The van der Waals surface area contributed by atoms with Crippen LogP contribution in [0.4, 0.5) is 0 Å². The zero-order valence-electron chi connectivity index (χ0n) is 67.1. The van der Waals surface area contributed by atoms with E-state index >= 15 is 0 Å². The minimum Gasteiger partial charge on any atom is -0.491 e. The Kier molecular flexibility index (Phi) is 28.2. The van der Waals surface area contributed by atoms with Gasteiger partial charge < -0.3 is 67.4 Å². The third-order valence-corrected chi connectivity index (χ3v) is 27.5. The predicted octanol–water partition coefficient (Wildman–Crippen LogP) is 13.4. The number of nitrogens with zero attached hydrogens (tertiary/aromatic N) is 6. The number of esters is 2. The van der Waals surface area contributed by atoms with Gasteiger partial charge in [-0.15, -0.1) is 0 Å². The molecule has 117 heavy (non-hydrogen) atoms. The van der Waals surface area contributed by atoms with E-state index < -0.39 is 58.9 Å². The fraction of sp³-hybridized carbons (Fsp3) is 0.685. The molecule has 4 aromatic rings. The number of carboxylic acids is 2. The third-order valence-electron chi connectivity index (χ3n) is 26.8. The minimum absolute atomic E-state index is 0. The van der Waals surface area contributed by atoms with Crippen LogP contribution in [0.15, 0.2) is 48.6 Å². The molecular formula is C89H118Cl2N6O20. The molecule has 6 saturated carbocycles.